The maximum atomic E-state index is 13.5. The predicted octanol–water partition coefficient (Wildman–Crippen LogP) is 3.27. The number of H-pyrrole nitrogens is 1. The minimum Gasteiger partial charge on any atom is -0.497 e. The van der Waals surface area contributed by atoms with E-state index in [1.54, 1.807) is 12.0 Å². The number of methoxy groups -OCH3 is 1. The number of aromatic amines is 1. The third-order valence-corrected chi connectivity index (χ3v) is 6.95. The van der Waals surface area contributed by atoms with Crippen LogP contribution in [0.1, 0.15) is 35.7 Å². The van der Waals surface area contributed by atoms with Crippen molar-refractivity contribution in [1.29, 1.82) is 0 Å². The molecule has 0 bridgehead atoms. The van der Waals surface area contributed by atoms with Gasteiger partial charge in [0.25, 0.3) is 0 Å². The van der Waals surface area contributed by atoms with Gasteiger partial charge in [-0.1, -0.05) is 30.3 Å². The first-order valence-corrected chi connectivity index (χ1v) is 11.0. The first kappa shape index (κ1) is 18.5. The lowest BCUT2D eigenvalue weighted by molar-refractivity contribution is -0.158. The Bertz CT molecular complexity index is 1180. The highest BCUT2D eigenvalue weighted by molar-refractivity contribution is 5.97. The van der Waals surface area contributed by atoms with Crippen LogP contribution in [-0.2, 0) is 16.0 Å². The molecule has 1 aliphatic carbocycles. The summed E-state index contributed by atoms with van der Waals surface area (Å²) < 4.78 is 5.33. The maximum Gasteiger partial charge on any atom is 0.246 e. The highest BCUT2D eigenvalue weighted by Gasteiger charge is 2.48. The molecular formula is C25H25N3O3. The molecular weight excluding hydrogens is 390 g/mol. The number of carbonyl (C=O) groups excluding carboxylic acids is 2. The van der Waals surface area contributed by atoms with Crippen molar-refractivity contribution in [3.8, 4) is 5.75 Å². The van der Waals surface area contributed by atoms with E-state index in [-0.39, 0.29) is 24.4 Å². The fourth-order valence-corrected chi connectivity index (χ4v) is 5.22. The summed E-state index contributed by atoms with van der Waals surface area (Å²) in [7, 11) is 1.64. The van der Waals surface area contributed by atoms with E-state index in [0.717, 1.165) is 46.3 Å². The van der Waals surface area contributed by atoms with Crippen molar-refractivity contribution in [3.63, 3.8) is 0 Å². The second-order valence-corrected chi connectivity index (χ2v) is 8.92. The minimum absolute atomic E-state index is 0.0235. The van der Waals surface area contributed by atoms with Crippen LogP contribution in [0.4, 0.5) is 0 Å². The van der Waals surface area contributed by atoms with E-state index in [1.807, 2.05) is 41.3 Å². The normalized spacial score (nSPS) is 23.1. The summed E-state index contributed by atoms with van der Waals surface area (Å²) in [6.07, 6.45) is 2.87. The topological polar surface area (TPSA) is 65.6 Å². The number of carbonyl (C=O) groups is 2. The molecule has 1 saturated heterocycles. The Labute approximate surface area is 180 Å². The van der Waals surface area contributed by atoms with Gasteiger partial charge in [-0.15, -0.1) is 0 Å². The molecule has 6 rings (SSSR count). The zero-order valence-corrected chi connectivity index (χ0v) is 17.5. The predicted molar refractivity (Wildman–Crippen MR) is 117 cm³/mol. The van der Waals surface area contributed by atoms with E-state index in [4.69, 9.17) is 4.74 Å². The van der Waals surface area contributed by atoms with Crippen LogP contribution in [0.5, 0.6) is 5.75 Å². The quantitative estimate of drug-likeness (QED) is 0.711. The first-order chi connectivity index (χ1) is 15.1. The van der Waals surface area contributed by atoms with Crippen LogP contribution in [0.25, 0.3) is 10.9 Å². The van der Waals surface area contributed by atoms with Crippen LogP contribution in [0.2, 0.25) is 0 Å². The second-order valence-electron chi connectivity index (χ2n) is 8.92. The van der Waals surface area contributed by atoms with Gasteiger partial charge in [0.15, 0.2) is 0 Å². The van der Waals surface area contributed by atoms with Crippen molar-refractivity contribution in [2.24, 2.45) is 5.92 Å². The zero-order chi connectivity index (χ0) is 21.1. The van der Waals surface area contributed by atoms with Crippen LogP contribution < -0.4 is 4.74 Å². The molecule has 2 aromatic carbocycles. The smallest absolute Gasteiger partial charge is 0.246 e. The molecule has 6 nitrogen and oxygen atoms in total. The number of rotatable bonds is 4. The third kappa shape index (κ3) is 2.92. The minimum atomic E-state index is -0.459. The second kappa shape index (κ2) is 6.87. The average Bonchev–Trinajstić information content (AvgIpc) is 3.54. The summed E-state index contributed by atoms with van der Waals surface area (Å²) in [5.41, 5.74) is 4.18. The van der Waals surface area contributed by atoms with Crippen molar-refractivity contribution in [3.05, 3.63) is 65.4 Å². The number of hydrogen-bond acceptors (Lipinski definition) is 3. The maximum absolute atomic E-state index is 13.5. The van der Waals surface area contributed by atoms with E-state index in [2.05, 4.69) is 17.1 Å². The number of amides is 2. The largest absolute Gasteiger partial charge is 0.497 e. The molecule has 0 radical (unpaired) electrons. The highest BCUT2D eigenvalue weighted by atomic mass is 16.5. The SMILES string of the molecule is COc1ccc([C@H]2c3[nH]c4ccccc4c3C[C@@H]3C(=O)N(CC4CC4)CC(=O)N23)cc1. The van der Waals surface area contributed by atoms with E-state index < -0.39 is 6.04 Å². The molecule has 0 unspecified atom stereocenters. The molecule has 6 heteroatoms. The van der Waals surface area contributed by atoms with Crippen LogP contribution in [0, 0.1) is 5.92 Å². The zero-order valence-electron chi connectivity index (χ0n) is 17.5. The highest BCUT2D eigenvalue weighted by Crippen LogP contribution is 2.43. The summed E-state index contributed by atoms with van der Waals surface area (Å²) >= 11 is 0. The number of hydrogen-bond donors (Lipinski definition) is 1. The standard InChI is InChI=1S/C25H25N3O3/c1-31-17-10-8-16(9-11-17)24-23-19(18-4-2-3-5-20(18)26-23)12-21-25(30)27(13-15-6-7-15)14-22(29)28(21)24/h2-5,8-11,15,21,24,26H,6-7,12-14H2,1H3/t21-,24+/m1/s1. The first-order valence-electron chi connectivity index (χ1n) is 11.0. The molecule has 3 heterocycles. The Kier molecular flexibility index (Phi) is 4.10. The number of para-hydroxylation sites is 1. The van der Waals surface area contributed by atoms with E-state index >= 15 is 0 Å². The van der Waals surface area contributed by atoms with Gasteiger partial charge in [0.1, 0.15) is 11.8 Å². The number of nitrogens with zero attached hydrogens (tertiary/aromatic N) is 2. The lowest BCUT2D eigenvalue weighted by atomic mass is 9.86. The lowest BCUT2D eigenvalue weighted by Crippen LogP contribution is -2.63. The molecule has 1 saturated carbocycles. The molecule has 2 atom stereocenters. The van der Waals surface area contributed by atoms with Gasteiger partial charge < -0.3 is 19.5 Å². The molecule has 31 heavy (non-hydrogen) atoms. The number of piperazine rings is 1. The van der Waals surface area contributed by atoms with Gasteiger partial charge in [-0.25, -0.2) is 0 Å². The van der Waals surface area contributed by atoms with Gasteiger partial charge in [0.05, 0.1) is 19.7 Å². The Morgan fingerprint density at radius 2 is 1.84 bits per heavy atom. The van der Waals surface area contributed by atoms with Crippen molar-refractivity contribution in [2.75, 3.05) is 20.2 Å². The molecule has 3 aromatic rings. The Balaban J connectivity index is 1.49. The van der Waals surface area contributed by atoms with E-state index in [9.17, 15) is 9.59 Å². The van der Waals surface area contributed by atoms with Crippen LogP contribution in [0.3, 0.4) is 0 Å². The summed E-state index contributed by atoms with van der Waals surface area (Å²) in [5.74, 6) is 1.44. The van der Waals surface area contributed by atoms with Gasteiger partial charge in [-0.2, -0.15) is 0 Å². The van der Waals surface area contributed by atoms with Crippen LogP contribution in [-0.4, -0.2) is 52.8 Å². The number of ether oxygens (including phenoxy) is 1. The molecule has 1 N–H and O–H groups in total. The van der Waals surface area contributed by atoms with Crippen molar-refractivity contribution in [1.82, 2.24) is 14.8 Å². The average molecular weight is 415 g/mol. The molecule has 2 amide bonds. The monoisotopic (exact) mass is 415 g/mol. The van der Waals surface area contributed by atoms with Crippen molar-refractivity contribution >= 4 is 22.7 Å². The number of aromatic nitrogens is 1. The lowest BCUT2D eigenvalue weighted by Gasteiger charge is -2.47. The number of nitrogens with one attached hydrogen (secondary N) is 1. The molecule has 1 aromatic heterocycles. The summed E-state index contributed by atoms with van der Waals surface area (Å²) in [6, 6.07) is 15.2. The summed E-state index contributed by atoms with van der Waals surface area (Å²) in [5, 5.41) is 1.13. The molecule has 158 valence electrons. The summed E-state index contributed by atoms with van der Waals surface area (Å²) in [4.78, 5) is 34.1. The van der Waals surface area contributed by atoms with Crippen molar-refractivity contribution in [2.45, 2.75) is 31.3 Å². The Hall–Kier alpha value is -3.28. The van der Waals surface area contributed by atoms with Gasteiger partial charge in [0.2, 0.25) is 11.8 Å². The van der Waals surface area contributed by atoms with Crippen LogP contribution >= 0.6 is 0 Å². The fraction of sp³-hybridized carbons (Fsp3) is 0.360. The van der Waals surface area contributed by atoms with E-state index in [0.29, 0.717) is 18.9 Å². The van der Waals surface area contributed by atoms with Gasteiger partial charge in [-0.05, 0) is 48.1 Å². The number of fused-ring (bicyclic) bond motifs is 4. The Morgan fingerprint density at radius 1 is 1.06 bits per heavy atom. The van der Waals surface area contributed by atoms with Crippen molar-refractivity contribution < 1.29 is 14.3 Å². The number of benzene rings is 2. The fourth-order valence-electron chi connectivity index (χ4n) is 5.22. The van der Waals surface area contributed by atoms with Crippen LogP contribution in [0.15, 0.2) is 48.5 Å². The third-order valence-electron chi connectivity index (χ3n) is 6.95. The van der Waals surface area contributed by atoms with Gasteiger partial charge in [-0.3, -0.25) is 9.59 Å². The molecule has 0 spiro atoms. The molecule has 3 aliphatic rings. The van der Waals surface area contributed by atoms with Gasteiger partial charge in [0, 0.05) is 29.6 Å². The molecule has 2 aliphatic heterocycles. The van der Waals surface area contributed by atoms with E-state index in [1.165, 1.54) is 0 Å². The Morgan fingerprint density at radius 3 is 2.58 bits per heavy atom. The summed E-state index contributed by atoms with van der Waals surface area (Å²) in [6.45, 7) is 0.886. The van der Waals surface area contributed by atoms with Gasteiger partial charge >= 0.3 is 0 Å². The molecule has 2 fully saturated rings.